The van der Waals surface area contributed by atoms with Crippen molar-refractivity contribution in [1.82, 2.24) is 10.2 Å². The Morgan fingerprint density at radius 2 is 1.94 bits per heavy atom. The number of hydrogen-bond acceptors (Lipinski definition) is 2. The van der Waals surface area contributed by atoms with Crippen LogP contribution in [-0.4, -0.2) is 31.6 Å². The van der Waals surface area contributed by atoms with Crippen molar-refractivity contribution in [2.45, 2.75) is 32.4 Å². The molecule has 2 unspecified atom stereocenters. The van der Waals surface area contributed by atoms with E-state index in [0.29, 0.717) is 12.1 Å². The normalized spacial score (nSPS) is 14.9. The predicted octanol–water partition coefficient (Wildman–Crippen LogP) is 3.33. The molecule has 1 aromatic carbocycles. The first-order chi connectivity index (χ1) is 8.07. The fourth-order valence-corrected chi connectivity index (χ4v) is 2.27. The zero-order valence-electron chi connectivity index (χ0n) is 11.2. The van der Waals surface area contributed by atoms with Crippen molar-refractivity contribution >= 4 is 11.6 Å². The summed E-state index contributed by atoms with van der Waals surface area (Å²) in [7, 11) is 4.15. The Kier molecular flexibility index (Phi) is 5.96. The second-order valence-corrected chi connectivity index (χ2v) is 5.01. The Bertz CT molecular complexity index is 341. The first-order valence-corrected chi connectivity index (χ1v) is 6.56. The molecule has 0 aromatic heterocycles. The van der Waals surface area contributed by atoms with Gasteiger partial charge in [-0.25, -0.2) is 0 Å². The van der Waals surface area contributed by atoms with Gasteiger partial charge in [0.15, 0.2) is 0 Å². The van der Waals surface area contributed by atoms with E-state index in [1.807, 2.05) is 25.2 Å². The fraction of sp³-hybridized carbons (Fsp3) is 0.571. The van der Waals surface area contributed by atoms with Gasteiger partial charge in [0.1, 0.15) is 0 Å². The van der Waals surface area contributed by atoms with Crippen molar-refractivity contribution in [3.63, 3.8) is 0 Å². The summed E-state index contributed by atoms with van der Waals surface area (Å²) in [5.41, 5.74) is 1.20. The van der Waals surface area contributed by atoms with Gasteiger partial charge < -0.3 is 5.32 Å². The molecular formula is C14H23ClN2. The van der Waals surface area contributed by atoms with E-state index in [-0.39, 0.29) is 0 Å². The van der Waals surface area contributed by atoms with Crippen molar-refractivity contribution in [3.05, 3.63) is 34.9 Å². The van der Waals surface area contributed by atoms with Crippen LogP contribution in [0, 0.1) is 0 Å². The lowest BCUT2D eigenvalue weighted by atomic mass is 10.0. The van der Waals surface area contributed by atoms with E-state index in [1.54, 1.807) is 0 Å². The Morgan fingerprint density at radius 1 is 1.29 bits per heavy atom. The Morgan fingerprint density at radius 3 is 2.53 bits per heavy atom. The lowest BCUT2D eigenvalue weighted by Gasteiger charge is -2.31. The molecule has 96 valence electrons. The zero-order chi connectivity index (χ0) is 12.8. The molecule has 0 spiro atoms. The highest BCUT2D eigenvalue weighted by Gasteiger charge is 2.18. The van der Waals surface area contributed by atoms with E-state index in [0.717, 1.165) is 18.0 Å². The first-order valence-electron chi connectivity index (χ1n) is 6.19. The molecule has 0 saturated heterocycles. The second-order valence-electron chi connectivity index (χ2n) is 4.60. The summed E-state index contributed by atoms with van der Waals surface area (Å²) in [6.07, 6.45) is 1.14. The van der Waals surface area contributed by atoms with Crippen LogP contribution in [-0.2, 0) is 0 Å². The minimum Gasteiger partial charge on any atom is -0.320 e. The summed E-state index contributed by atoms with van der Waals surface area (Å²) in [6, 6.07) is 8.96. The standard InChI is InChI=1S/C14H23ClN2/c1-11(9-10-16-3)17(4)12(2)13-7-5-6-8-14(13)15/h5-8,11-12,16H,9-10H2,1-4H3. The molecule has 1 aromatic rings. The summed E-state index contributed by atoms with van der Waals surface area (Å²) in [5.74, 6) is 0. The largest absolute Gasteiger partial charge is 0.320 e. The van der Waals surface area contributed by atoms with Gasteiger partial charge in [0.25, 0.3) is 0 Å². The highest BCUT2D eigenvalue weighted by atomic mass is 35.5. The van der Waals surface area contributed by atoms with Gasteiger partial charge in [-0.15, -0.1) is 0 Å². The van der Waals surface area contributed by atoms with Crippen LogP contribution in [0.1, 0.15) is 31.9 Å². The first kappa shape index (κ1) is 14.5. The third kappa shape index (κ3) is 3.98. The molecule has 3 heteroatoms. The fourth-order valence-electron chi connectivity index (χ4n) is 1.97. The highest BCUT2D eigenvalue weighted by molar-refractivity contribution is 6.31. The molecule has 1 N–H and O–H groups in total. The molecule has 0 bridgehead atoms. The number of hydrogen-bond donors (Lipinski definition) is 1. The second kappa shape index (κ2) is 7.00. The molecule has 0 aliphatic carbocycles. The highest BCUT2D eigenvalue weighted by Crippen LogP contribution is 2.27. The van der Waals surface area contributed by atoms with Crippen LogP contribution in [0.2, 0.25) is 5.02 Å². The molecule has 17 heavy (non-hydrogen) atoms. The lowest BCUT2D eigenvalue weighted by Crippen LogP contribution is -2.33. The smallest absolute Gasteiger partial charge is 0.0453 e. The average molecular weight is 255 g/mol. The Balaban J connectivity index is 2.69. The van der Waals surface area contributed by atoms with Crippen LogP contribution >= 0.6 is 11.6 Å². The van der Waals surface area contributed by atoms with E-state index in [9.17, 15) is 0 Å². The molecule has 0 saturated carbocycles. The molecule has 2 atom stereocenters. The van der Waals surface area contributed by atoms with Crippen molar-refractivity contribution in [2.24, 2.45) is 0 Å². The third-order valence-electron chi connectivity index (χ3n) is 3.47. The molecule has 0 fully saturated rings. The number of rotatable bonds is 6. The number of benzene rings is 1. The van der Waals surface area contributed by atoms with Gasteiger partial charge in [-0.05, 0) is 52.5 Å². The van der Waals surface area contributed by atoms with Crippen LogP contribution in [0.4, 0.5) is 0 Å². The van der Waals surface area contributed by atoms with Crippen molar-refractivity contribution in [2.75, 3.05) is 20.6 Å². The van der Waals surface area contributed by atoms with E-state index >= 15 is 0 Å². The van der Waals surface area contributed by atoms with E-state index in [1.165, 1.54) is 5.56 Å². The van der Waals surface area contributed by atoms with Crippen LogP contribution in [0.5, 0.6) is 0 Å². The predicted molar refractivity (Wildman–Crippen MR) is 75.6 cm³/mol. The lowest BCUT2D eigenvalue weighted by molar-refractivity contribution is 0.188. The van der Waals surface area contributed by atoms with Gasteiger partial charge in [-0.3, -0.25) is 4.90 Å². The molecule has 2 nitrogen and oxygen atoms in total. The van der Waals surface area contributed by atoms with Crippen LogP contribution in [0.15, 0.2) is 24.3 Å². The van der Waals surface area contributed by atoms with Crippen molar-refractivity contribution in [1.29, 1.82) is 0 Å². The maximum Gasteiger partial charge on any atom is 0.0453 e. The third-order valence-corrected chi connectivity index (χ3v) is 3.82. The molecule has 0 aliphatic heterocycles. The quantitative estimate of drug-likeness (QED) is 0.838. The summed E-state index contributed by atoms with van der Waals surface area (Å²) in [4.78, 5) is 2.37. The van der Waals surface area contributed by atoms with E-state index in [2.05, 4.69) is 37.2 Å². The summed E-state index contributed by atoms with van der Waals surface area (Å²) in [5, 5.41) is 4.05. The SMILES string of the molecule is CNCCC(C)N(C)C(C)c1ccccc1Cl. The zero-order valence-corrected chi connectivity index (χ0v) is 12.0. The van der Waals surface area contributed by atoms with Gasteiger partial charge in [0.2, 0.25) is 0 Å². The number of halogens is 1. The van der Waals surface area contributed by atoms with Crippen molar-refractivity contribution in [3.8, 4) is 0 Å². The minimum absolute atomic E-state index is 0.343. The van der Waals surface area contributed by atoms with Crippen LogP contribution in [0.25, 0.3) is 0 Å². The Labute approximate surface area is 110 Å². The molecule has 0 aliphatic rings. The van der Waals surface area contributed by atoms with E-state index < -0.39 is 0 Å². The van der Waals surface area contributed by atoms with Gasteiger partial charge >= 0.3 is 0 Å². The average Bonchev–Trinajstić information content (AvgIpc) is 2.34. The summed E-state index contributed by atoms with van der Waals surface area (Å²) in [6.45, 7) is 5.50. The summed E-state index contributed by atoms with van der Waals surface area (Å²) < 4.78 is 0. The number of nitrogens with zero attached hydrogens (tertiary/aromatic N) is 1. The number of nitrogens with one attached hydrogen (secondary N) is 1. The molecule has 1 rings (SSSR count). The van der Waals surface area contributed by atoms with Gasteiger partial charge in [-0.2, -0.15) is 0 Å². The van der Waals surface area contributed by atoms with Gasteiger partial charge in [0.05, 0.1) is 0 Å². The van der Waals surface area contributed by atoms with Crippen molar-refractivity contribution < 1.29 is 0 Å². The molecular weight excluding hydrogens is 232 g/mol. The molecule has 0 radical (unpaired) electrons. The molecule has 0 amide bonds. The van der Waals surface area contributed by atoms with E-state index in [4.69, 9.17) is 11.6 Å². The maximum atomic E-state index is 6.23. The maximum absolute atomic E-state index is 6.23. The monoisotopic (exact) mass is 254 g/mol. The van der Waals surface area contributed by atoms with Crippen LogP contribution in [0.3, 0.4) is 0 Å². The minimum atomic E-state index is 0.343. The molecule has 0 heterocycles. The Hall–Kier alpha value is -0.570. The van der Waals surface area contributed by atoms with Gasteiger partial charge in [0, 0.05) is 17.1 Å². The summed E-state index contributed by atoms with van der Waals surface area (Å²) >= 11 is 6.23. The topological polar surface area (TPSA) is 15.3 Å². The van der Waals surface area contributed by atoms with Gasteiger partial charge in [-0.1, -0.05) is 29.8 Å². The van der Waals surface area contributed by atoms with Crippen LogP contribution < -0.4 is 5.32 Å².